The lowest BCUT2D eigenvalue weighted by molar-refractivity contribution is -0.275. The van der Waals surface area contributed by atoms with Gasteiger partial charge in [-0.15, -0.1) is 13.2 Å². The van der Waals surface area contributed by atoms with Gasteiger partial charge in [-0.1, -0.05) is 0 Å². The molecule has 0 unspecified atom stereocenters. The Hall–Kier alpha value is -1.99. The monoisotopic (exact) mass is 265 g/mol. The van der Waals surface area contributed by atoms with E-state index in [1.807, 2.05) is 0 Å². The molecule has 0 aliphatic heterocycles. The van der Waals surface area contributed by atoms with Gasteiger partial charge in [-0.3, -0.25) is 9.78 Å². The van der Waals surface area contributed by atoms with Gasteiger partial charge >= 0.3 is 12.3 Å². The number of carboxylic acid groups (broad SMARTS) is 1. The van der Waals surface area contributed by atoms with Gasteiger partial charge in [-0.2, -0.15) is 0 Å². The third kappa shape index (κ3) is 3.51. The fraction of sp³-hybridized carbons (Fsp3) is 0.400. The molecule has 0 atom stereocenters. The second-order valence-corrected chi connectivity index (χ2v) is 3.37. The van der Waals surface area contributed by atoms with E-state index < -0.39 is 24.5 Å². The highest BCUT2D eigenvalue weighted by Gasteiger charge is 2.34. The van der Waals surface area contributed by atoms with Gasteiger partial charge in [0.05, 0.1) is 19.2 Å². The molecule has 0 saturated carbocycles. The molecule has 0 aliphatic rings. The number of hydrogen-bond donors (Lipinski definition) is 1. The number of aryl methyl sites for hydroxylation is 1. The summed E-state index contributed by atoms with van der Waals surface area (Å²) >= 11 is 0. The summed E-state index contributed by atoms with van der Waals surface area (Å²) < 4.78 is 45.2. The summed E-state index contributed by atoms with van der Waals surface area (Å²) in [6.07, 6.45) is -4.35. The first-order valence-electron chi connectivity index (χ1n) is 4.74. The normalized spacial score (nSPS) is 11.2. The summed E-state index contributed by atoms with van der Waals surface area (Å²) in [4.78, 5) is 14.3. The van der Waals surface area contributed by atoms with Crippen LogP contribution in [0, 0.1) is 6.92 Å². The topological polar surface area (TPSA) is 68.7 Å². The third-order valence-corrected chi connectivity index (χ3v) is 1.98. The van der Waals surface area contributed by atoms with Crippen molar-refractivity contribution in [3.8, 4) is 11.5 Å². The van der Waals surface area contributed by atoms with Gasteiger partial charge in [-0.05, 0) is 6.92 Å². The zero-order valence-corrected chi connectivity index (χ0v) is 9.54. The van der Waals surface area contributed by atoms with Crippen LogP contribution in [0.3, 0.4) is 0 Å². The van der Waals surface area contributed by atoms with Crippen LogP contribution in [-0.2, 0) is 11.2 Å². The maximum absolute atomic E-state index is 12.2. The second-order valence-electron chi connectivity index (χ2n) is 3.37. The number of alkyl halides is 3. The Kier molecular flexibility index (Phi) is 4.00. The molecular weight excluding hydrogens is 255 g/mol. The summed E-state index contributed by atoms with van der Waals surface area (Å²) in [6.45, 7) is 1.35. The van der Waals surface area contributed by atoms with Crippen LogP contribution in [0.25, 0.3) is 0 Å². The van der Waals surface area contributed by atoms with Crippen molar-refractivity contribution in [2.75, 3.05) is 7.11 Å². The highest BCUT2D eigenvalue weighted by Crippen LogP contribution is 2.37. The van der Waals surface area contributed by atoms with Crippen LogP contribution in [0.5, 0.6) is 11.5 Å². The quantitative estimate of drug-likeness (QED) is 0.900. The first-order valence-corrected chi connectivity index (χ1v) is 4.74. The standard InChI is InChI=1S/C10H10F3NO4/c1-5-4-14-6(3-7(15)16)9(17-2)8(5)18-10(11,12)13/h4H,3H2,1-2H3,(H,15,16). The fourth-order valence-electron chi connectivity index (χ4n) is 1.32. The Morgan fingerprint density at radius 1 is 1.44 bits per heavy atom. The van der Waals surface area contributed by atoms with Crippen molar-refractivity contribution in [3.05, 3.63) is 17.5 Å². The molecule has 0 saturated heterocycles. The summed E-state index contributed by atoms with van der Waals surface area (Å²) in [7, 11) is 1.12. The summed E-state index contributed by atoms with van der Waals surface area (Å²) in [5, 5.41) is 8.62. The first kappa shape index (κ1) is 14.1. The highest BCUT2D eigenvalue weighted by molar-refractivity contribution is 5.71. The third-order valence-electron chi connectivity index (χ3n) is 1.98. The van der Waals surface area contributed by atoms with Gasteiger partial charge in [0, 0.05) is 11.8 Å². The van der Waals surface area contributed by atoms with Gasteiger partial charge in [0.2, 0.25) is 0 Å². The predicted octanol–water partition coefficient (Wildman–Crippen LogP) is 1.92. The van der Waals surface area contributed by atoms with E-state index in [1.165, 1.54) is 6.92 Å². The van der Waals surface area contributed by atoms with Crippen molar-refractivity contribution < 1.29 is 32.5 Å². The Bertz CT molecular complexity index is 459. The molecule has 0 aromatic carbocycles. The van der Waals surface area contributed by atoms with E-state index in [0.717, 1.165) is 13.3 Å². The smallest absolute Gasteiger partial charge is 0.491 e. The minimum atomic E-state index is -4.89. The summed E-state index contributed by atoms with van der Waals surface area (Å²) in [5.41, 5.74) is -0.0341. The molecule has 8 heteroatoms. The van der Waals surface area contributed by atoms with E-state index in [9.17, 15) is 18.0 Å². The average Bonchev–Trinajstić information content (AvgIpc) is 2.20. The van der Waals surface area contributed by atoms with Crippen molar-refractivity contribution in [3.63, 3.8) is 0 Å². The number of carboxylic acids is 1. The van der Waals surface area contributed by atoms with Crippen LogP contribution in [0.15, 0.2) is 6.20 Å². The molecule has 100 valence electrons. The molecule has 0 spiro atoms. The molecule has 5 nitrogen and oxygen atoms in total. The molecule has 0 aliphatic carbocycles. The van der Waals surface area contributed by atoms with Crippen molar-refractivity contribution in [1.29, 1.82) is 0 Å². The van der Waals surface area contributed by atoms with E-state index >= 15 is 0 Å². The van der Waals surface area contributed by atoms with E-state index in [2.05, 4.69) is 9.72 Å². The molecular formula is C10H10F3NO4. The Balaban J connectivity index is 3.25. The molecule has 0 bridgehead atoms. The summed E-state index contributed by atoms with van der Waals surface area (Å²) in [6, 6.07) is 0. The Labute approximate surface area is 100 Å². The van der Waals surface area contributed by atoms with Gasteiger partial charge in [0.1, 0.15) is 0 Å². The van der Waals surface area contributed by atoms with E-state index in [4.69, 9.17) is 9.84 Å². The number of aliphatic carboxylic acids is 1. The number of ether oxygens (including phenoxy) is 2. The molecule has 1 N–H and O–H groups in total. The van der Waals surface area contributed by atoms with Gasteiger partial charge < -0.3 is 14.6 Å². The number of methoxy groups -OCH3 is 1. The van der Waals surface area contributed by atoms with Gasteiger partial charge in [-0.25, -0.2) is 0 Å². The molecule has 0 amide bonds. The first-order chi connectivity index (χ1) is 8.24. The lowest BCUT2D eigenvalue weighted by atomic mass is 10.2. The van der Waals surface area contributed by atoms with Crippen molar-refractivity contribution >= 4 is 5.97 Å². The number of hydrogen-bond acceptors (Lipinski definition) is 4. The number of carbonyl (C=O) groups is 1. The van der Waals surface area contributed by atoms with E-state index in [-0.39, 0.29) is 17.0 Å². The Morgan fingerprint density at radius 3 is 2.50 bits per heavy atom. The largest absolute Gasteiger partial charge is 0.573 e. The SMILES string of the molecule is COc1c(CC(=O)O)ncc(C)c1OC(F)(F)F. The highest BCUT2D eigenvalue weighted by atomic mass is 19.4. The molecule has 1 aromatic heterocycles. The average molecular weight is 265 g/mol. The fourth-order valence-corrected chi connectivity index (χ4v) is 1.32. The Morgan fingerprint density at radius 2 is 2.06 bits per heavy atom. The minimum absolute atomic E-state index is 0.0957. The number of aromatic nitrogens is 1. The van der Waals surface area contributed by atoms with Crippen LogP contribution in [0.4, 0.5) is 13.2 Å². The molecule has 1 heterocycles. The van der Waals surface area contributed by atoms with Crippen LogP contribution in [0.1, 0.15) is 11.3 Å². The van der Waals surface area contributed by atoms with E-state index in [1.54, 1.807) is 0 Å². The lowest BCUT2D eigenvalue weighted by Gasteiger charge is -2.16. The lowest BCUT2D eigenvalue weighted by Crippen LogP contribution is -2.19. The minimum Gasteiger partial charge on any atom is -0.491 e. The molecule has 1 rings (SSSR count). The van der Waals surface area contributed by atoms with Crippen LogP contribution in [-0.4, -0.2) is 29.5 Å². The second kappa shape index (κ2) is 5.11. The zero-order chi connectivity index (χ0) is 13.9. The number of halogens is 3. The number of pyridine rings is 1. The van der Waals surface area contributed by atoms with Crippen LogP contribution < -0.4 is 9.47 Å². The van der Waals surface area contributed by atoms with Crippen molar-refractivity contribution in [2.24, 2.45) is 0 Å². The van der Waals surface area contributed by atoms with Crippen molar-refractivity contribution in [1.82, 2.24) is 4.98 Å². The van der Waals surface area contributed by atoms with Crippen molar-refractivity contribution in [2.45, 2.75) is 19.7 Å². The molecule has 18 heavy (non-hydrogen) atoms. The van der Waals surface area contributed by atoms with Gasteiger partial charge in [0.15, 0.2) is 11.5 Å². The van der Waals surface area contributed by atoms with Crippen LogP contribution in [0.2, 0.25) is 0 Å². The number of nitrogens with zero attached hydrogens (tertiary/aromatic N) is 1. The maximum atomic E-state index is 12.2. The zero-order valence-electron chi connectivity index (χ0n) is 9.54. The van der Waals surface area contributed by atoms with E-state index in [0.29, 0.717) is 0 Å². The summed E-state index contributed by atoms with van der Waals surface area (Å²) in [5.74, 6) is -2.13. The predicted molar refractivity (Wildman–Crippen MR) is 53.5 cm³/mol. The molecule has 0 fully saturated rings. The number of rotatable bonds is 4. The van der Waals surface area contributed by atoms with Crippen LogP contribution >= 0.6 is 0 Å². The molecule has 1 aromatic rings. The molecule has 0 radical (unpaired) electrons. The van der Waals surface area contributed by atoms with Gasteiger partial charge in [0.25, 0.3) is 0 Å². The maximum Gasteiger partial charge on any atom is 0.573 e.